The van der Waals surface area contributed by atoms with Crippen molar-refractivity contribution in [3.63, 3.8) is 0 Å². The first-order valence-electron chi connectivity index (χ1n) is 12.5. The van der Waals surface area contributed by atoms with Gasteiger partial charge in [-0.3, -0.25) is 19.2 Å². The number of ether oxygens (including phenoxy) is 2. The second-order valence-electron chi connectivity index (χ2n) is 9.38. The predicted molar refractivity (Wildman–Crippen MR) is 152 cm³/mol. The molecule has 12 heteroatoms. The highest BCUT2D eigenvalue weighted by Crippen LogP contribution is 2.53. The number of nitrogens with one attached hydrogen (secondary N) is 2. The Bertz CT molecular complexity index is 1700. The van der Waals surface area contributed by atoms with Crippen molar-refractivity contribution in [2.24, 2.45) is 5.92 Å². The normalized spacial score (nSPS) is 19.5. The van der Waals surface area contributed by atoms with Gasteiger partial charge in [-0.05, 0) is 66.2 Å². The van der Waals surface area contributed by atoms with Crippen LogP contribution in [0, 0.1) is 11.7 Å². The number of aromatic nitrogens is 1. The Morgan fingerprint density at radius 3 is 2.49 bits per heavy atom. The number of hydrogen-bond acceptors (Lipinski definition) is 8. The van der Waals surface area contributed by atoms with Gasteiger partial charge in [0.05, 0.1) is 23.7 Å². The first kappa shape index (κ1) is 26.8. The van der Waals surface area contributed by atoms with Gasteiger partial charge in [0.15, 0.2) is 6.61 Å². The first-order valence-corrected chi connectivity index (χ1v) is 14.2. The quantitative estimate of drug-likeness (QED) is 0.306. The van der Waals surface area contributed by atoms with Crippen LogP contribution in [-0.4, -0.2) is 41.7 Å². The van der Waals surface area contributed by atoms with E-state index in [2.05, 4.69) is 10.3 Å². The fourth-order valence-corrected chi connectivity index (χ4v) is 7.55. The van der Waals surface area contributed by atoms with Crippen LogP contribution in [0.15, 0.2) is 82.6 Å². The molecule has 2 N–H and O–H groups in total. The second kappa shape index (κ2) is 10.9. The van der Waals surface area contributed by atoms with Crippen molar-refractivity contribution in [3.05, 3.63) is 98.7 Å². The number of aromatic amines is 1. The van der Waals surface area contributed by atoms with Crippen molar-refractivity contribution < 1.29 is 28.2 Å². The number of fused-ring (bicyclic) bond motifs is 2. The minimum absolute atomic E-state index is 0.274. The minimum atomic E-state index is -0.759. The number of nitrogens with zero attached hydrogens (tertiary/aromatic N) is 1. The van der Waals surface area contributed by atoms with Gasteiger partial charge in [0, 0.05) is 16.5 Å². The Morgan fingerprint density at radius 2 is 1.76 bits per heavy atom. The number of methoxy groups -OCH3 is 1. The Balaban J connectivity index is 1.28. The third kappa shape index (κ3) is 5.11. The van der Waals surface area contributed by atoms with E-state index in [0.29, 0.717) is 38.3 Å². The molecule has 1 saturated heterocycles. The van der Waals surface area contributed by atoms with Gasteiger partial charge in [-0.25, -0.2) is 9.29 Å². The number of anilines is 2. The molecule has 0 aliphatic carbocycles. The summed E-state index contributed by atoms with van der Waals surface area (Å²) < 4.78 is 24.1. The lowest BCUT2D eigenvalue weighted by molar-refractivity contribution is -0.122. The summed E-state index contributed by atoms with van der Waals surface area (Å²) in [5.41, 5.74) is 1.54. The zero-order valence-corrected chi connectivity index (χ0v) is 23.1. The summed E-state index contributed by atoms with van der Waals surface area (Å²) >= 11 is 2.21. The van der Waals surface area contributed by atoms with Crippen molar-refractivity contribution in [1.29, 1.82) is 0 Å². The summed E-state index contributed by atoms with van der Waals surface area (Å²) in [6.07, 6.45) is 0. The van der Waals surface area contributed by atoms with Gasteiger partial charge in [-0.1, -0.05) is 35.2 Å². The lowest BCUT2D eigenvalue weighted by atomic mass is 9.83. The fourth-order valence-electron chi connectivity index (χ4n) is 5.04. The van der Waals surface area contributed by atoms with Crippen LogP contribution >= 0.6 is 23.1 Å². The number of imide groups is 1. The topological polar surface area (TPSA) is 118 Å². The summed E-state index contributed by atoms with van der Waals surface area (Å²) in [5.74, 6) is -1.94. The highest BCUT2D eigenvalue weighted by molar-refractivity contribution is 8.00. The van der Waals surface area contributed by atoms with E-state index in [0.717, 1.165) is 11.3 Å². The fraction of sp³-hybridized carbons (Fsp3) is 0.172. The number of amides is 3. The van der Waals surface area contributed by atoms with Crippen LogP contribution in [0.1, 0.15) is 16.4 Å². The highest BCUT2D eigenvalue weighted by atomic mass is 32.2. The van der Waals surface area contributed by atoms with E-state index in [4.69, 9.17) is 9.47 Å². The lowest BCUT2D eigenvalue weighted by Crippen LogP contribution is -2.32. The summed E-state index contributed by atoms with van der Waals surface area (Å²) in [7, 11) is 1.53. The molecule has 0 radical (unpaired) electrons. The monoisotopic (exact) mass is 591 g/mol. The van der Waals surface area contributed by atoms with Crippen molar-refractivity contribution in [3.8, 4) is 11.5 Å². The number of carbonyl (C=O) groups excluding carboxylic acids is 3. The van der Waals surface area contributed by atoms with E-state index in [1.54, 1.807) is 42.5 Å². The summed E-state index contributed by atoms with van der Waals surface area (Å²) in [6.45, 7) is -0.307. The summed E-state index contributed by atoms with van der Waals surface area (Å²) in [6, 6.07) is 19.0. The minimum Gasteiger partial charge on any atom is -0.497 e. The molecular weight excluding hydrogens is 569 g/mol. The highest BCUT2D eigenvalue weighted by Gasteiger charge is 2.56. The first-order chi connectivity index (χ1) is 19.8. The van der Waals surface area contributed by atoms with E-state index >= 15 is 0 Å². The maximum atomic E-state index is 13.9. The van der Waals surface area contributed by atoms with Crippen LogP contribution in [0.2, 0.25) is 0 Å². The standard InChI is InChI=1S/C29H22FN3O6S2/c1-38-19-11-9-18(10-12-19)33-27(35)23-22(24-26(32-29(37)41-24)40-25(23)28(33)36)15-3-2-4-20(13-15)39-14-21(34)31-17-7-5-16(30)6-8-17/h2-13,22-23,25H,14H2,1H3,(H,31,34)(H,32,37)/t22-,23?,25?/m1/s1. The molecule has 2 unspecified atom stereocenters. The Labute approximate surface area is 241 Å². The molecule has 0 spiro atoms. The molecule has 2 aliphatic rings. The average Bonchev–Trinajstić information content (AvgIpc) is 3.47. The van der Waals surface area contributed by atoms with Gasteiger partial charge < -0.3 is 19.8 Å². The Morgan fingerprint density at radius 1 is 1.00 bits per heavy atom. The Kier molecular flexibility index (Phi) is 7.10. The van der Waals surface area contributed by atoms with Crippen LogP contribution in [-0.2, 0) is 14.4 Å². The smallest absolute Gasteiger partial charge is 0.305 e. The van der Waals surface area contributed by atoms with Gasteiger partial charge in [-0.2, -0.15) is 0 Å². The number of thioether (sulfide) groups is 1. The molecule has 4 aromatic rings. The molecule has 0 bridgehead atoms. The SMILES string of the molecule is COc1ccc(N2C(=O)C3Sc4[nH]c(=O)sc4[C@H](c4cccc(OCC(=O)Nc5ccc(F)cc5)c4)C3C2=O)cc1. The van der Waals surface area contributed by atoms with Gasteiger partial charge in [-0.15, -0.1) is 0 Å². The molecule has 2 aliphatic heterocycles. The molecule has 41 heavy (non-hydrogen) atoms. The van der Waals surface area contributed by atoms with Crippen LogP contribution in [0.25, 0.3) is 0 Å². The molecular formula is C29H22FN3O6S2. The maximum Gasteiger partial charge on any atom is 0.305 e. The molecule has 6 rings (SSSR count). The van der Waals surface area contributed by atoms with E-state index in [1.807, 2.05) is 6.07 Å². The number of H-pyrrole nitrogens is 1. The van der Waals surface area contributed by atoms with Crippen LogP contribution in [0.4, 0.5) is 15.8 Å². The van der Waals surface area contributed by atoms with Gasteiger partial charge >= 0.3 is 4.87 Å². The zero-order chi connectivity index (χ0) is 28.7. The molecule has 3 amide bonds. The molecule has 1 fully saturated rings. The number of hydrogen-bond donors (Lipinski definition) is 2. The largest absolute Gasteiger partial charge is 0.497 e. The molecule has 3 heterocycles. The van der Waals surface area contributed by atoms with E-state index in [9.17, 15) is 23.6 Å². The number of carbonyl (C=O) groups is 3. The molecule has 3 aromatic carbocycles. The van der Waals surface area contributed by atoms with Crippen molar-refractivity contribution >= 4 is 52.2 Å². The number of benzene rings is 3. The Hall–Kier alpha value is -4.42. The molecule has 3 atom stereocenters. The van der Waals surface area contributed by atoms with Gasteiger partial charge in [0.25, 0.3) is 5.91 Å². The van der Waals surface area contributed by atoms with Crippen LogP contribution in [0.3, 0.4) is 0 Å². The third-order valence-corrected chi connectivity index (χ3v) is 9.27. The van der Waals surface area contributed by atoms with Crippen LogP contribution in [0.5, 0.6) is 11.5 Å². The van der Waals surface area contributed by atoms with Gasteiger partial charge in [0.2, 0.25) is 11.8 Å². The maximum absolute atomic E-state index is 13.9. The molecule has 9 nitrogen and oxygen atoms in total. The van der Waals surface area contributed by atoms with Crippen LogP contribution < -0.4 is 24.6 Å². The van der Waals surface area contributed by atoms with Crippen molar-refractivity contribution in [1.82, 2.24) is 4.98 Å². The average molecular weight is 592 g/mol. The van der Waals surface area contributed by atoms with E-state index in [-0.39, 0.29) is 23.3 Å². The molecule has 208 valence electrons. The lowest BCUT2D eigenvalue weighted by Gasteiger charge is -2.30. The van der Waals surface area contributed by atoms with E-state index in [1.165, 1.54) is 48.0 Å². The number of halogens is 1. The summed E-state index contributed by atoms with van der Waals surface area (Å²) in [5, 5.41) is 2.46. The second-order valence-corrected chi connectivity index (χ2v) is 11.5. The summed E-state index contributed by atoms with van der Waals surface area (Å²) in [4.78, 5) is 56.6. The van der Waals surface area contributed by atoms with E-state index < -0.39 is 28.8 Å². The molecule has 0 saturated carbocycles. The van der Waals surface area contributed by atoms with Crippen molar-refractivity contribution in [2.45, 2.75) is 16.2 Å². The molecule has 1 aromatic heterocycles. The zero-order valence-electron chi connectivity index (χ0n) is 21.5. The number of thiazole rings is 1. The number of rotatable bonds is 7. The predicted octanol–water partition coefficient (Wildman–Crippen LogP) is 4.40. The van der Waals surface area contributed by atoms with Crippen molar-refractivity contribution in [2.75, 3.05) is 23.9 Å². The third-order valence-electron chi connectivity index (χ3n) is 6.87. The van der Waals surface area contributed by atoms with Gasteiger partial charge in [0.1, 0.15) is 22.6 Å².